The quantitative estimate of drug-likeness (QED) is 0.713. The highest BCUT2D eigenvalue weighted by Gasteiger charge is 2.21. The molecule has 2 heterocycles. The molecule has 5 nitrogen and oxygen atoms in total. The lowest BCUT2D eigenvalue weighted by Gasteiger charge is -2.15. The second-order valence-corrected chi connectivity index (χ2v) is 6.67. The number of rotatable bonds is 4. The van der Waals surface area contributed by atoms with E-state index >= 15 is 0 Å². The lowest BCUT2D eigenvalue weighted by molar-refractivity contribution is 0.340. The van der Waals surface area contributed by atoms with Crippen molar-refractivity contribution in [2.45, 2.75) is 19.0 Å². The van der Waals surface area contributed by atoms with E-state index in [2.05, 4.69) is 29.3 Å². The Morgan fingerprint density at radius 2 is 2.00 bits per heavy atom. The van der Waals surface area contributed by atoms with E-state index in [4.69, 9.17) is 9.84 Å². The minimum absolute atomic E-state index is 0.632. The largest absolute Gasteiger partial charge is 0.494 e. The Morgan fingerprint density at radius 3 is 2.84 bits per heavy atom. The van der Waals surface area contributed by atoms with Crippen LogP contribution in [0.25, 0.3) is 11.4 Å². The number of aromatic nitrogens is 3. The van der Waals surface area contributed by atoms with Gasteiger partial charge in [-0.15, -0.1) is 10.2 Å². The Hall–Kier alpha value is -2.60. The molecule has 0 saturated heterocycles. The zero-order valence-electron chi connectivity index (χ0n) is 14.1. The van der Waals surface area contributed by atoms with Gasteiger partial charge in [0.05, 0.1) is 12.3 Å². The van der Waals surface area contributed by atoms with Crippen molar-refractivity contribution in [3.63, 3.8) is 0 Å². The highest BCUT2D eigenvalue weighted by Crippen LogP contribution is 2.30. The molecule has 0 fully saturated rings. The topological polar surface area (TPSA) is 52.3 Å². The van der Waals surface area contributed by atoms with E-state index < -0.39 is 0 Å². The highest BCUT2D eigenvalue weighted by atomic mass is 32.2. The monoisotopic (exact) mass is 350 g/mol. The molecule has 3 aromatic rings. The minimum Gasteiger partial charge on any atom is -0.494 e. The number of aryl methyl sites for hydroxylation is 1. The Labute approximate surface area is 150 Å². The second kappa shape index (κ2) is 6.72. The summed E-state index contributed by atoms with van der Waals surface area (Å²) in [6.07, 6.45) is 0. The molecule has 2 aromatic carbocycles. The van der Waals surface area contributed by atoms with E-state index in [0.29, 0.717) is 6.61 Å². The second-order valence-electron chi connectivity index (χ2n) is 5.73. The number of ether oxygens (including phenoxy) is 1. The Bertz CT molecular complexity index is 948. The lowest BCUT2D eigenvalue weighted by atomic mass is 10.1. The van der Waals surface area contributed by atoms with E-state index in [-0.39, 0.29) is 0 Å². The molecule has 0 saturated carbocycles. The normalized spacial score (nSPS) is 13.3. The van der Waals surface area contributed by atoms with Crippen molar-refractivity contribution in [3.8, 4) is 17.1 Å². The van der Waals surface area contributed by atoms with Crippen LogP contribution in [0, 0.1) is 6.92 Å². The first-order valence-electron chi connectivity index (χ1n) is 8.21. The third-order valence-corrected chi connectivity index (χ3v) is 4.96. The molecule has 0 N–H and O–H groups in total. The fraction of sp³-hybridized carbons (Fsp3) is 0.211. The number of fused-ring (bicyclic) bond motifs is 1. The van der Waals surface area contributed by atoms with E-state index in [1.54, 1.807) is 11.8 Å². The van der Waals surface area contributed by atoms with Crippen molar-refractivity contribution < 1.29 is 4.74 Å². The fourth-order valence-electron chi connectivity index (χ4n) is 2.83. The maximum Gasteiger partial charge on any atom is 0.212 e. The molecule has 0 spiro atoms. The summed E-state index contributed by atoms with van der Waals surface area (Å²) in [4.78, 5) is 0. The van der Waals surface area contributed by atoms with Crippen molar-refractivity contribution in [1.29, 1.82) is 0 Å². The molecule has 4 rings (SSSR count). The van der Waals surface area contributed by atoms with Crippen LogP contribution in [0.3, 0.4) is 0 Å². The third kappa shape index (κ3) is 3.05. The summed E-state index contributed by atoms with van der Waals surface area (Å²) < 4.78 is 7.43. The van der Waals surface area contributed by atoms with Crippen LogP contribution in [-0.4, -0.2) is 32.9 Å². The smallest absolute Gasteiger partial charge is 0.212 e. The van der Waals surface area contributed by atoms with Gasteiger partial charge in [-0.05, 0) is 31.5 Å². The van der Waals surface area contributed by atoms with Gasteiger partial charge in [-0.3, -0.25) is 0 Å². The SMILES string of the molecule is CCOc1cccc(-c2nnc3n2N=C(c2ccccc2C)CS3)c1. The number of hydrogen-bond donors (Lipinski definition) is 0. The summed E-state index contributed by atoms with van der Waals surface area (Å²) in [5.41, 5.74) is 4.37. The summed E-state index contributed by atoms with van der Waals surface area (Å²) in [5.74, 6) is 2.35. The zero-order chi connectivity index (χ0) is 17.2. The summed E-state index contributed by atoms with van der Waals surface area (Å²) in [5, 5.41) is 14.3. The van der Waals surface area contributed by atoms with E-state index in [1.807, 2.05) is 48.0 Å². The molecule has 1 aliphatic heterocycles. The summed E-state index contributed by atoms with van der Waals surface area (Å²) in [6, 6.07) is 16.2. The van der Waals surface area contributed by atoms with Crippen LogP contribution < -0.4 is 4.74 Å². The first-order valence-corrected chi connectivity index (χ1v) is 9.20. The maximum absolute atomic E-state index is 5.60. The Balaban J connectivity index is 1.77. The van der Waals surface area contributed by atoms with Gasteiger partial charge in [-0.2, -0.15) is 9.78 Å². The van der Waals surface area contributed by atoms with Gasteiger partial charge in [0.2, 0.25) is 5.16 Å². The van der Waals surface area contributed by atoms with Gasteiger partial charge >= 0.3 is 0 Å². The molecule has 126 valence electrons. The molecular weight excluding hydrogens is 332 g/mol. The molecule has 0 aliphatic carbocycles. The Kier molecular flexibility index (Phi) is 4.28. The highest BCUT2D eigenvalue weighted by molar-refractivity contribution is 7.99. The van der Waals surface area contributed by atoms with Crippen LogP contribution in [0.5, 0.6) is 5.75 Å². The molecule has 0 amide bonds. The molecule has 0 radical (unpaired) electrons. The van der Waals surface area contributed by atoms with Gasteiger partial charge in [0.25, 0.3) is 0 Å². The van der Waals surface area contributed by atoms with Crippen LogP contribution in [-0.2, 0) is 0 Å². The van der Waals surface area contributed by atoms with Crippen LogP contribution in [0.4, 0.5) is 0 Å². The van der Waals surface area contributed by atoms with Crippen LogP contribution in [0.2, 0.25) is 0 Å². The van der Waals surface area contributed by atoms with E-state index in [1.165, 1.54) is 11.1 Å². The average molecular weight is 350 g/mol. The van der Waals surface area contributed by atoms with Gasteiger partial charge in [0, 0.05) is 16.9 Å². The van der Waals surface area contributed by atoms with Crippen molar-refractivity contribution in [2.24, 2.45) is 5.10 Å². The first kappa shape index (κ1) is 15.9. The zero-order valence-corrected chi connectivity index (χ0v) is 15.0. The maximum atomic E-state index is 5.60. The fourth-order valence-corrected chi connectivity index (χ4v) is 3.66. The molecule has 0 bridgehead atoms. The van der Waals surface area contributed by atoms with Gasteiger partial charge in [-0.25, -0.2) is 0 Å². The van der Waals surface area contributed by atoms with Gasteiger partial charge in [-0.1, -0.05) is 48.2 Å². The van der Waals surface area contributed by atoms with E-state index in [0.717, 1.165) is 33.8 Å². The van der Waals surface area contributed by atoms with Crippen molar-refractivity contribution >= 4 is 17.5 Å². The standard InChI is InChI=1S/C19H18N4OS/c1-3-24-15-9-6-8-14(11-15)18-20-21-19-23(18)22-17(12-25-19)16-10-5-4-7-13(16)2/h4-11H,3,12H2,1-2H3. The predicted molar refractivity (Wildman–Crippen MR) is 100 cm³/mol. The van der Waals surface area contributed by atoms with Crippen LogP contribution >= 0.6 is 11.8 Å². The summed E-state index contributed by atoms with van der Waals surface area (Å²) in [6.45, 7) is 4.71. The molecule has 0 atom stereocenters. The van der Waals surface area contributed by atoms with Crippen LogP contribution in [0.1, 0.15) is 18.1 Å². The lowest BCUT2D eigenvalue weighted by Crippen LogP contribution is -2.14. The van der Waals surface area contributed by atoms with Gasteiger partial charge in [0.15, 0.2) is 5.82 Å². The third-order valence-electron chi connectivity index (χ3n) is 4.03. The van der Waals surface area contributed by atoms with Crippen molar-refractivity contribution in [1.82, 2.24) is 14.9 Å². The molecule has 6 heteroatoms. The Morgan fingerprint density at radius 1 is 1.12 bits per heavy atom. The van der Waals surface area contributed by atoms with Crippen molar-refractivity contribution in [3.05, 3.63) is 59.7 Å². The minimum atomic E-state index is 0.632. The number of hydrogen-bond acceptors (Lipinski definition) is 5. The molecule has 25 heavy (non-hydrogen) atoms. The molecular formula is C19H18N4OS. The van der Waals surface area contributed by atoms with E-state index in [9.17, 15) is 0 Å². The molecule has 1 aromatic heterocycles. The van der Waals surface area contributed by atoms with Crippen LogP contribution in [0.15, 0.2) is 58.8 Å². The van der Waals surface area contributed by atoms with Crippen molar-refractivity contribution in [2.75, 3.05) is 12.4 Å². The average Bonchev–Trinajstić information content (AvgIpc) is 3.06. The predicted octanol–water partition coefficient (Wildman–Crippen LogP) is 4.01. The first-order chi connectivity index (χ1) is 12.3. The number of thioether (sulfide) groups is 1. The van der Waals surface area contributed by atoms with Gasteiger partial charge < -0.3 is 4.74 Å². The number of nitrogens with zero attached hydrogens (tertiary/aromatic N) is 4. The number of benzene rings is 2. The van der Waals surface area contributed by atoms with Gasteiger partial charge in [0.1, 0.15) is 5.75 Å². The molecule has 1 aliphatic rings. The molecule has 0 unspecified atom stereocenters. The summed E-state index contributed by atoms with van der Waals surface area (Å²) in [7, 11) is 0. The summed E-state index contributed by atoms with van der Waals surface area (Å²) >= 11 is 1.66.